The average Bonchev–Trinajstić information content (AvgIpc) is 3.41. The van der Waals surface area contributed by atoms with E-state index in [1.807, 2.05) is 78.9 Å². The van der Waals surface area contributed by atoms with Crippen LogP contribution in [0.4, 0.5) is 0 Å². The number of carbonyl (C=O) groups excluding carboxylic acids is 1. The highest BCUT2D eigenvalue weighted by Crippen LogP contribution is 2.39. The van der Waals surface area contributed by atoms with Crippen LogP contribution in [0.2, 0.25) is 5.02 Å². The lowest BCUT2D eigenvalue weighted by Gasteiger charge is -2.08. The van der Waals surface area contributed by atoms with Gasteiger partial charge in [0.1, 0.15) is 16.4 Å². The molecule has 0 fully saturated rings. The zero-order valence-electron chi connectivity index (χ0n) is 16.3. The fraction of sp³-hybridized carbons (Fsp3) is 0.0833. The summed E-state index contributed by atoms with van der Waals surface area (Å²) in [5.41, 5.74) is 0.932. The molecule has 4 aromatic rings. The van der Waals surface area contributed by atoms with Gasteiger partial charge in [-0.25, -0.2) is 0 Å². The topological polar surface area (TPSA) is 51.1 Å². The molecule has 154 valence electrons. The predicted octanol–water partition coefficient (Wildman–Crippen LogP) is 6.07. The van der Waals surface area contributed by atoms with Crippen LogP contribution in [0, 0.1) is 0 Å². The summed E-state index contributed by atoms with van der Waals surface area (Å²) in [6.45, 7) is 0.0773. The lowest BCUT2D eigenvalue weighted by molar-refractivity contribution is -0.132. The second-order valence-corrected chi connectivity index (χ2v) is 8.38. The Morgan fingerprint density at radius 3 is 2.55 bits per heavy atom. The van der Waals surface area contributed by atoms with Gasteiger partial charge in [0, 0.05) is 10.1 Å². The zero-order chi connectivity index (χ0) is 21.2. The first-order valence-electron chi connectivity index (χ1n) is 9.68. The first-order valence-corrected chi connectivity index (χ1v) is 10.9. The summed E-state index contributed by atoms with van der Waals surface area (Å²) in [6.07, 6.45) is 0.265. The Morgan fingerprint density at radius 2 is 1.77 bits per heavy atom. The quantitative estimate of drug-likeness (QED) is 0.372. The molecule has 31 heavy (non-hydrogen) atoms. The number of halogens is 1. The number of fused-ring (bicyclic) bond motifs is 1. The molecule has 5 nitrogen and oxygen atoms in total. The van der Waals surface area contributed by atoms with Crippen molar-refractivity contribution in [3.63, 3.8) is 0 Å². The monoisotopic (exact) mass is 448 g/mol. The number of ether oxygens (including phenoxy) is 2. The summed E-state index contributed by atoms with van der Waals surface area (Å²) in [4.78, 5) is 13.3. The SMILES string of the molecule is O=C(Cc1ccccc1)N1COC(c2sc3ccc(Oc4ccccc4)cc3c2Cl)=N1. The molecule has 0 atom stereocenters. The fourth-order valence-corrected chi connectivity index (χ4v) is 4.68. The minimum atomic E-state index is -0.128. The van der Waals surface area contributed by atoms with Gasteiger partial charge in [-0.05, 0) is 35.9 Å². The van der Waals surface area contributed by atoms with E-state index in [9.17, 15) is 4.79 Å². The molecular weight excluding hydrogens is 432 g/mol. The van der Waals surface area contributed by atoms with Gasteiger partial charge in [0.2, 0.25) is 5.91 Å². The predicted molar refractivity (Wildman–Crippen MR) is 123 cm³/mol. The van der Waals surface area contributed by atoms with Gasteiger partial charge in [-0.1, -0.05) is 60.1 Å². The van der Waals surface area contributed by atoms with E-state index >= 15 is 0 Å². The van der Waals surface area contributed by atoms with Crippen LogP contribution in [0.1, 0.15) is 10.4 Å². The molecule has 0 N–H and O–H groups in total. The molecule has 1 amide bonds. The van der Waals surface area contributed by atoms with Gasteiger partial charge < -0.3 is 9.47 Å². The van der Waals surface area contributed by atoms with E-state index in [1.54, 1.807) is 0 Å². The van der Waals surface area contributed by atoms with Crippen molar-refractivity contribution in [2.45, 2.75) is 6.42 Å². The van der Waals surface area contributed by atoms with Crippen molar-refractivity contribution >= 4 is 44.8 Å². The van der Waals surface area contributed by atoms with Crippen LogP contribution in [0.3, 0.4) is 0 Å². The third-order valence-corrected chi connectivity index (χ3v) is 6.46. The van der Waals surface area contributed by atoms with Gasteiger partial charge in [-0.15, -0.1) is 16.4 Å². The molecule has 3 aromatic carbocycles. The number of carbonyl (C=O) groups is 1. The summed E-state index contributed by atoms with van der Waals surface area (Å²) in [6, 6.07) is 24.9. The zero-order valence-corrected chi connectivity index (χ0v) is 17.9. The maximum Gasteiger partial charge on any atom is 0.252 e. The highest BCUT2D eigenvalue weighted by molar-refractivity contribution is 7.21. The largest absolute Gasteiger partial charge is 0.457 e. The number of hydrogen-bond donors (Lipinski definition) is 0. The van der Waals surface area contributed by atoms with E-state index in [0.29, 0.717) is 21.5 Å². The van der Waals surface area contributed by atoms with Gasteiger partial charge in [0.05, 0.1) is 11.4 Å². The smallest absolute Gasteiger partial charge is 0.252 e. The van der Waals surface area contributed by atoms with Gasteiger partial charge >= 0.3 is 0 Å². The number of rotatable bonds is 5. The molecule has 0 saturated heterocycles. The highest BCUT2D eigenvalue weighted by Gasteiger charge is 2.26. The van der Waals surface area contributed by atoms with Crippen LogP contribution in [0.5, 0.6) is 11.5 Å². The van der Waals surface area contributed by atoms with Crippen molar-refractivity contribution in [1.29, 1.82) is 0 Å². The Kier molecular flexibility index (Phi) is 5.32. The summed E-state index contributed by atoms with van der Waals surface area (Å²) in [7, 11) is 0. The number of thiophene rings is 1. The number of amides is 1. The van der Waals surface area contributed by atoms with Crippen molar-refractivity contribution in [3.8, 4) is 11.5 Å². The highest BCUT2D eigenvalue weighted by atomic mass is 35.5. The molecule has 1 aliphatic heterocycles. The third-order valence-electron chi connectivity index (χ3n) is 4.79. The number of hydrogen-bond acceptors (Lipinski definition) is 5. The second-order valence-electron chi connectivity index (χ2n) is 6.95. The van der Waals surface area contributed by atoms with E-state index < -0.39 is 0 Å². The molecule has 7 heteroatoms. The Hall–Kier alpha value is -3.35. The maximum atomic E-state index is 12.6. The molecular formula is C24H17ClN2O3S. The van der Waals surface area contributed by atoms with Crippen LogP contribution in [-0.2, 0) is 16.0 Å². The molecule has 0 saturated carbocycles. The molecule has 0 unspecified atom stereocenters. The van der Waals surface area contributed by atoms with Crippen molar-refractivity contribution in [2.24, 2.45) is 5.10 Å². The third kappa shape index (κ3) is 4.13. The van der Waals surface area contributed by atoms with Crippen LogP contribution in [-0.4, -0.2) is 23.5 Å². The fourth-order valence-electron chi connectivity index (χ4n) is 3.26. The number of benzene rings is 3. The molecule has 1 aromatic heterocycles. The van der Waals surface area contributed by atoms with Gasteiger partial charge in [-0.2, -0.15) is 5.01 Å². The molecule has 1 aliphatic rings. The normalized spacial score (nSPS) is 13.2. The lowest BCUT2D eigenvalue weighted by Crippen LogP contribution is -2.25. The minimum absolute atomic E-state index is 0.0773. The van der Waals surface area contributed by atoms with Gasteiger partial charge in [-0.3, -0.25) is 4.79 Å². The molecule has 0 aliphatic carbocycles. The van der Waals surface area contributed by atoms with Crippen LogP contribution < -0.4 is 4.74 Å². The molecule has 2 heterocycles. The molecule has 0 bridgehead atoms. The summed E-state index contributed by atoms with van der Waals surface area (Å²) in [5, 5.41) is 7.11. The standard InChI is InChI=1S/C24H17ClN2O3S/c25-22-19-14-18(30-17-9-5-2-6-10-17)11-12-20(19)31-23(22)24-26-27(15-29-24)21(28)13-16-7-3-1-4-8-16/h1-12,14H,13,15H2. The van der Waals surface area contributed by atoms with Crippen LogP contribution >= 0.6 is 22.9 Å². The van der Waals surface area contributed by atoms with E-state index in [0.717, 1.165) is 21.4 Å². The van der Waals surface area contributed by atoms with E-state index in [-0.39, 0.29) is 19.1 Å². The first-order chi connectivity index (χ1) is 15.2. The van der Waals surface area contributed by atoms with E-state index in [2.05, 4.69) is 5.10 Å². The maximum absolute atomic E-state index is 12.6. The number of nitrogens with zero attached hydrogens (tertiary/aromatic N) is 2. The van der Waals surface area contributed by atoms with E-state index in [1.165, 1.54) is 16.3 Å². The molecule has 5 rings (SSSR count). The van der Waals surface area contributed by atoms with E-state index in [4.69, 9.17) is 21.1 Å². The molecule has 0 spiro atoms. The summed E-state index contributed by atoms with van der Waals surface area (Å²) >= 11 is 8.13. The van der Waals surface area contributed by atoms with Gasteiger partial charge in [0.15, 0.2) is 6.73 Å². The first kappa shape index (κ1) is 19.6. The molecule has 0 radical (unpaired) electrons. The number of para-hydroxylation sites is 1. The Bertz CT molecular complexity index is 1270. The van der Waals surface area contributed by atoms with Gasteiger partial charge in [0.25, 0.3) is 5.90 Å². The van der Waals surface area contributed by atoms with Crippen molar-refractivity contribution < 1.29 is 14.3 Å². The Morgan fingerprint density at radius 1 is 1.03 bits per heavy atom. The van der Waals surface area contributed by atoms with Crippen molar-refractivity contribution in [2.75, 3.05) is 6.73 Å². The summed E-state index contributed by atoms with van der Waals surface area (Å²) < 4.78 is 12.6. The van der Waals surface area contributed by atoms with Crippen LogP contribution in [0.25, 0.3) is 10.1 Å². The number of hydrazone groups is 1. The Labute approximate surface area is 188 Å². The van der Waals surface area contributed by atoms with Crippen molar-refractivity contribution in [3.05, 3.63) is 94.3 Å². The minimum Gasteiger partial charge on any atom is -0.457 e. The lowest BCUT2D eigenvalue weighted by atomic mass is 10.1. The Balaban J connectivity index is 1.38. The van der Waals surface area contributed by atoms with Crippen LogP contribution in [0.15, 0.2) is 84.0 Å². The summed E-state index contributed by atoms with van der Waals surface area (Å²) in [5.74, 6) is 1.68. The van der Waals surface area contributed by atoms with Crippen molar-refractivity contribution in [1.82, 2.24) is 5.01 Å². The average molecular weight is 449 g/mol. The second kappa shape index (κ2) is 8.41.